The lowest BCUT2D eigenvalue weighted by Gasteiger charge is -2.35. The van der Waals surface area contributed by atoms with Crippen LogP contribution in [0.3, 0.4) is 0 Å². The number of nitrogens with one attached hydrogen (secondary N) is 1. The minimum atomic E-state index is -0.104. The zero-order valence-electron chi connectivity index (χ0n) is 13.2. The van der Waals surface area contributed by atoms with Crippen molar-refractivity contribution in [1.82, 2.24) is 5.48 Å². The van der Waals surface area contributed by atoms with Crippen LogP contribution in [-0.4, -0.2) is 12.1 Å². The second kappa shape index (κ2) is 6.75. The summed E-state index contributed by atoms with van der Waals surface area (Å²) in [4.78, 5) is 5.81. The molecule has 0 saturated heterocycles. The molecule has 0 aromatic carbocycles. The van der Waals surface area contributed by atoms with Crippen LogP contribution in [-0.2, 0) is 4.84 Å². The molecule has 0 aliphatic heterocycles. The van der Waals surface area contributed by atoms with E-state index in [1.165, 1.54) is 6.42 Å². The maximum Gasteiger partial charge on any atom is 0.0846 e. The van der Waals surface area contributed by atoms with Crippen molar-refractivity contribution in [3.8, 4) is 0 Å². The molecule has 17 heavy (non-hydrogen) atoms. The fourth-order valence-corrected chi connectivity index (χ4v) is 2.77. The largest absolute Gasteiger partial charge is 0.296 e. The summed E-state index contributed by atoms with van der Waals surface area (Å²) >= 11 is 0. The second-order valence-electron chi connectivity index (χ2n) is 7.54. The minimum Gasteiger partial charge on any atom is -0.296 e. The van der Waals surface area contributed by atoms with Crippen LogP contribution >= 0.6 is 0 Å². The average Bonchev–Trinajstić information content (AvgIpc) is 1.95. The summed E-state index contributed by atoms with van der Waals surface area (Å²) in [6.07, 6.45) is 2.31. The van der Waals surface area contributed by atoms with Gasteiger partial charge in [-0.05, 0) is 43.9 Å². The minimum absolute atomic E-state index is 0.104. The summed E-state index contributed by atoms with van der Waals surface area (Å²) in [7, 11) is 0. The van der Waals surface area contributed by atoms with Gasteiger partial charge in [0.05, 0.1) is 5.60 Å². The van der Waals surface area contributed by atoms with Crippen molar-refractivity contribution in [1.29, 1.82) is 0 Å². The first kappa shape index (κ1) is 16.9. The molecule has 1 N–H and O–H groups in total. The zero-order valence-corrected chi connectivity index (χ0v) is 13.2. The number of hydrogen-bond acceptors (Lipinski definition) is 2. The third-order valence-corrected chi connectivity index (χ3v) is 2.71. The first-order valence-corrected chi connectivity index (χ1v) is 6.95. The lowest BCUT2D eigenvalue weighted by molar-refractivity contribution is -0.108. The van der Waals surface area contributed by atoms with Gasteiger partial charge in [0, 0.05) is 6.54 Å². The van der Waals surface area contributed by atoms with Gasteiger partial charge in [-0.25, -0.2) is 5.48 Å². The molecule has 0 aromatic heterocycles. The highest BCUT2D eigenvalue weighted by Gasteiger charge is 2.30. The summed E-state index contributed by atoms with van der Waals surface area (Å²) in [6.45, 7) is 18.9. The summed E-state index contributed by atoms with van der Waals surface area (Å²) in [5.74, 6) is 1.36. The monoisotopic (exact) mass is 243 g/mol. The Labute approximate surface area is 108 Å². The van der Waals surface area contributed by atoms with Crippen molar-refractivity contribution in [2.24, 2.45) is 17.3 Å². The van der Waals surface area contributed by atoms with Gasteiger partial charge in [-0.15, -0.1) is 0 Å². The predicted octanol–water partition coefficient (Wildman–Crippen LogP) is 4.40. The number of rotatable bonds is 8. The molecular formula is C15H33NO. The molecule has 0 radical (unpaired) electrons. The molecule has 2 nitrogen and oxygen atoms in total. The van der Waals surface area contributed by atoms with Gasteiger partial charge in [-0.1, -0.05) is 41.5 Å². The van der Waals surface area contributed by atoms with E-state index in [4.69, 9.17) is 4.84 Å². The van der Waals surface area contributed by atoms with E-state index in [0.29, 0.717) is 11.3 Å². The highest BCUT2D eigenvalue weighted by Crippen LogP contribution is 2.35. The molecule has 0 unspecified atom stereocenters. The molecule has 0 atom stereocenters. The predicted molar refractivity (Wildman–Crippen MR) is 75.9 cm³/mol. The standard InChI is InChI=1S/C15H33NO/c1-12(2)9-14(5,6)11-15(7,8)17-16-10-13(3)4/h12-13,16H,9-11H2,1-8H3. The fourth-order valence-electron chi connectivity index (χ4n) is 2.77. The van der Waals surface area contributed by atoms with Gasteiger partial charge in [-0.3, -0.25) is 4.84 Å². The smallest absolute Gasteiger partial charge is 0.0846 e. The third-order valence-electron chi connectivity index (χ3n) is 2.71. The van der Waals surface area contributed by atoms with E-state index in [2.05, 4.69) is 60.9 Å². The molecule has 0 amide bonds. The molecule has 0 aliphatic carbocycles. The van der Waals surface area contributed by atoms with Crippen LogP contribution < -0.4 is 5.48 Å². The Morgan fingerprint density at radius 1 is 0.941 bits per heavy atom. The summed E-state index contributed by atoms with van der Waals surface area (Å²) < 4.78 is 0. The fraction of sp³-hybridized carbons (Fsp3) is 1.00. The Bertz CT molecular complexity index is 207. The second-order valence-corrected chi connectivity index (χ2v) is 7.54. The molecule has 104 valence electrons. The summed E-state index contributed by atoms with van der Waals surface area (Å²) in [5.41, 5.74) is 3.33. The molecule has 0 aromatic rings. The maximum absolute atomic E-state index is 5.81. The summed E-state index contributed by atoms with van der Waals surface area (Å²) in [5, 5.41) is 0. The van der Waals surface area contributed by atoms with Gasteiger partial charge < -0.3 is 0 Å². The Morgan fingerprint density at radius 2 is 1.47 bits per heavy atom. The SMILES string of the molecule is CC(C)CNOC(C)(C)CC(C)(C)CC(C)C. The first-order chi connectivity index (χ1) is 7.54. The average molecular weight is 243 g/mol. The third kappa shape index (κ3) is 9.61. The van der Waals surface area contributed by atoms with E-state index < -0.39 is 0 Å². The lowest BCUT2D eigenvalue weighted by atomic mass is 9.76. The molecule has 2 heteroatoms. The van der Waals surface area contributed by atoms with E-state index in [9.17, 15) is 0 Å². The van der Waals surface area contributed by atoms with Crippen LogP contribution in [0.25, 0.3) is 0 Å². The van der Waals surface area contributed by atoms with Crippen molar-refractivity contribution in [3.63, 3.8) is 0 Å². The van der Waals surface area contributed by atoms with Crippen LogP contribution in [0.15, 0.2) is 0 Å². The topological polar surface area (TPSA) is 21.3 Å². The van der Waals surface area contributed by atoms with Gasteiger partial charge in [0.15, 0.2) is 0 Å². The number of hydrogen-bond donors (Lipinski definition) is 1. The Balaban J connectivity index is 4.13. The maximum atomic E-state index is 5.81. The van der Waals surface area contributed by atoms with Crippen molar-refractivity contribution < 1.29 is 4.84 Å². The highest BCUT2D eigenvalue weighted by molar-refractivity contribution is 4.80. The highest BCUT2D eigenvalue weighted by atomic mass is 16.7. The molecule has 0 spiro atoms. The normalized spacial score (nSPS) is 13.8. The van der Waals surface area contributed by atoms with E-state index >= 15 is 0 Å². The molecule has 0 aliphatic rings. The van der Waals surface area contributed by atoms with E-state index in [-0.39, 0.29) is 5.60 Å². The first-order valence-electron chi connectivity index (χ1n) is 6.95. The van der Waals surface area contributed by atoms with E-state index in [0.717, 1.165) is 18.9 Å². The molecule has 0 rings (SSSR count). The molecule has 0 saturated carbocycles. The Kier molecular flexibility index (Phi) is 6.71. The molecule has 0 bridgehead atoms. The molecular weight excluding hydrogens is 210 g/mol. The molecule has 0 heterocycles. The Hall–Kier alpha value is -0.0800. The molecule has 0 fully saturated rings. The van der Waals surface area contributed by atoms with Crippen molar-refractivity contribution in [2.45, 2.75) is 73.8 Å². The van der Waals surface area contributed by atoms with Gasteiger partial charge in [0.2, 0.25) is 0 Å². The van der Waals surface area contributed by atoms with E-state index in [1.54, 1.807) is 0 Å². The van der Waals surface area contributed by atoms with Gasteiger partial charge in [-0.2, -0.15) is 0 Å². The van der Waals surface area contributed by atoms with Gasteiger partial charge in [0.25, 0.3) is 0 Å². The van der Waals surface area contributed by atoms with Crippen LogP contribution in [0.1, 0.15) is 68.2 Å². The van der Waals surface area contributed by atoms with Gasteiger partial charge in [0.1, 0.15) is 0 Å². The van der Waals surface area contributed by atoms with Gasteiger partial charge >= 0.3 is 0 Å². The van der Waals surface area contributed by atoms with Crippen LogP contribution in [0.2, 0.25) is 0 Å². The summed E-state index contributed by atoms with van der Waals surface area (Å²) in [6, 6.07) is 0. The van der Waals surface area contributed by atoms with Crippen molar-refractivity contribution in [3.05, 3.63) is 0 Å². The Morgan fingerprint density at radius 3 is 1.88 bits per heavy atom. The quantitative estimate of drug-likeness (QED) is 0.638. The zero-order chi connectivity index (χ0) is 13.7. The van der Waals surface area contributed by atoms with Crippen molar-refractivity contribution >= 4 is 0 Å². The van der Waals surface area contributed by atoms with Crippen molar-refractivity contribution in [2.75, 3.05) is 6.54 Å². The number of hydroxylamine groups is 1. The van der Waals surface area contributed by atoms with E-state index in [1.807, 2.05) is 0 Å². The lowest BCUT2D eigenvalue weighted by Crippen LogP contribution is -2.38. The van der Waals surface area contributed by atoms with Crippen LogP contribution in [0, 0.1) is 17.3 Å². The van der Waals surface area contributed by atoms with Crippen LogP contribution in [0.5, 0.6) is 0 Å². The van der Waals surface area contributed by atoms with Crippen LogP contribution in [0.4, 0.5) is 0 Å².